The molecule has 0 nitrogen and oxygen atoms in total. The molecule has 0 heterocycles. The SMILES string of the molecule is C=C/C=C(\C=C/C)c1ccc(Cl)cc1C.CC. The van der Waals surface area contributed by atoms with E-state index in [0.717, 1.165) is 10.6 Å². The van der Waals surface area contributed by atoms with Crippen LogP contribution in [0.25, 0.3) is 5.57 Å². The van der Waals surface area contributed by atoms with Crippen LogP contribution in [0.2, 0.25) is 5.02 Å². The highest BCUT2D eigenvalue weighted by Crippen LogP contribution is 2.23. The maximum Gasteiger partial charge on any atom is 0.0409 e. The highest BCUT2D eigenvalue weighted by atomic mass is 35.5. The van der Waals surface area contributed by atoms with Gasteiger partial charge < -0.3 is 0 Å². The molecule has 0 saturated heterocycles. The van der Waals surface area contributed by atoms with Crippen molar-refractivity contribution < 1.29 is 0 Å². The molecule has 0 aliphatic heterocycles. The van der Waals surface area contributed by atoms with Crippen LogP contribution < -0.4 is 0 Å². The Morgan fingerprint density at radius 1 is 1.29 bits per heavy atom. The topological polar surface area (TPSA) is 0 Å². The molecule has 0 aliphatic rings. The van der Waals surface area contributed by atoms with E-state index in [2.05, 4.69) is 19.6 Å². The van der Waals surface area contributed by atoms with Crippen molar-refractivity contribution in [1.29, 1.82) is 0 Å². The summed E-state index contributed by atoms with van der Waals surface area (Å²) in [6.07, 6.45) is 7.88. The van der Waals surface area contributed by atoms with Gasteiger partial charge in [0.25, 0.3) is 0 Å². The highest BCUT2D eigenvalue weighted by Gasteiger charge is 2.01. The quantitative estimate of drug-likeness (QED) is 0.591. The van der Waals surface area contributed by atoms with Gasteiger partial charge >= 0.3 is 0 Å². The van der Waals surface area contributed by atoms with Gasteiger partial charge in [-0.2, -0.15) is 0 Å². The molecule has 92 valence electrons. The van der Waals surface area contributed by atoms with Gasteiger partial charge in [-0.3, -0.25) is 0 Å². The Bertz CT molecular complexity index is 412. The van der Waals surface area contributed by atoms with E-state index in [9.17, 15) is 0 Å². The number of aryl methyl sites for hydroxylation is 1. The molecule has 1 aromatic carbocycles. The predicted molar refractivity (Wildman–Crippen MR) is 80.5 cm³/mol. The van der Waals surface area contributed by atoms with Crippen molar-refractivity contribution in [3.63, 3.8) is 0 Å². The van der Waals surface area contributed by atoms with Gasteiger partial charge in [0.05, 0.1) is 0 Å². The van der Waals surface area contributed by atoms with Gasteiger partial charge in [0, 0.05) is 5.02 Å². The molecule has 0 aromatic heterocycles. The third kappa shape index (κ3) is 5.06. The lowest BCUT2D eigenvalue weighted by Crippen LogP contribution is -1.86. The molecular weight excluding hydrogens is 228 g/mol. The van der Waals surface area contributed by atoms with Gasteiger partial charge in [-0.1, -0.05) is 62.4 Å². The van der Waals surface area contributed by atoms with Gasteiger partial charge in [-0.15, -0.1) is 0 Å². The van der Waals surface area contributed by atoms with Crippen LogP contribution in [0.3, 0.4) is 0 Å². The zero-order valence-electron chi connectivity index (χ0n) is 11.1. The van der Waals surface area contributed by atoms with E-state index in [1.54, 1.807) is 6.08 Å². The minimum atomic E-state index is 0.773. The molecule has 1 aromatic rings. The van der Waals surface area contributed by atoms with Crippen molar-refractivity contribution in [3.8, 4) is 0 Å². The molecule has 0 spiro atoms. The van der Waals surface area contributed by atoms with Crippen LogP contribution in [0.4, 0.5) is 0 Å². The molecule has 0 saturated carbocycles. The summed E-state index contributed by atoms with van der Waals surface area (Å²) in [5.74, 6) is 0. The van der Waals surface area contributed by atoms with Gasteiger partial charge in [-0.05, 0) is 42.7 Å². The van der Waals surface area contributed by atoms with Crippen molar-refractivity contribution in [2.75, 3.05) is 0 Å². The summed E-state index contributed by atoms with van der Waals surface area (Å²) in [4.78, 5) is 0. The summed E-state index contributed by atoms with van der Waals surface area (Å²) < 4.78 is 0. The standard InChI is InChI=1S/C14H15Cl.C2H6/c1-4-6-12(7-5-2)14-9-8-13(15)10-11(14)3;1-2/h4-10H,1H2,2-3H3;1-2H3/b7-5-,12-6+;. The number of halogens is 1. The van der Waals surface area contributed by atoms with Gasteiger partial charge in [0.15, 0.2) is 0 Å². The monoisotopic (exact) mass is 248 g/mol. The number of rotatable bonds is 3. The summed E-state index contributed by atoms with van der Waals surface area (Å²) in [7, 11) is 0. The average molecular weight is 249 g/mol. The van der Waals surface area contributed by atoms with Crippen LogP contribution in [0, 0.1) is 6.92 Å². The zero-order chi connectivity index (χ0) is 13.3. The van der Waals surface area contributed by atoms with Crippen LogP contribution in [-0.4, -0.2) is 0 Å². The molecule has 0 unspecified atom stereocenters. The first-order chi connectivity index (χ1) is 8.19. The first kappa shape index (κ1) is 15.7. The first-order valence-electron chi connectivity index (χ1n) is 5.91. The van der Waals surface area contributed by atoms with E-state index >= 15 is 0 Å². The summed E-state index contributed by atoms with van der Waals surface area (Å²) in [6, 6.07) is 5.91. The van der Waals surface area contributed by atoms with Gasteiger partial charge in [-0.25, -0.2) is 0 Å². The largest absolute Gasteiger partial charge is 0.0990 e. The molecule has 1 heteroatoms. The molecule has 0 bridgehead atoms. The minimum Gasteiger partial charge on any atom is -0.0990 e. The van der Waals surface area contributed by atoms with E-state index in [-0.39, 0.29) is 0 Å². The molecule has 0 N–H and O–H groups in total. The van der Waals surface area contributed by atoms with Crippen molar-refractivity contribution in [2.45, 2.75) is 27.7 Å². The molecule has 0 atom stereocenters. The highest BCUT2D eigenvalue weighted by molar-refractivity contribution is 6.30. The Balaban J connectivity index is 0.00000121. The Hall–Kier alpha value is -1.27. The first-order valence-corrected chi connectivity index (χ1v) is 6.28. The van der Waals surface area contributed by atoms with E-state index in [1.165, 1.54) is 11.1 Å². The third-order valence-corrected chi connectivity index (χ3v) is 2.38. The third-order valence-electron chi connectivity index (χ3n) is 2.14. The number of hydrogen-bond acceptors (Lipinski definition) is 0. The molecule has 0 aliphatic carbocycles. The lowest BCUT2D eigenvalue weighted by atomic mass is 10.00. The summed E-state index contributed by atoms with van der Waals surface area (Å²) in [5, 5.41) is 0.773. The molecule has 0 fully saturated rings. The van der Waals surface area contributed by atoms with Crippen LogP contribution >= 0.6 is 11.6 Å². The number of allylic oxidation sites excluding steroid dienone is 5. The minimum absolute atomic E-state index is 0.773. The lowest BCUT2D eigenvalue weighted by molar-refractivity contribution is 1.42. The summed E-state index contributed by atoms with van der Waals surface area (Å²) >= 11 is 5.92. The zero-order valence-corrected chi connectivity index (χ0v) is 11.9. The van der Waals surface area contributed by atoms with Crippen molar-refractivity contribution >= 4 is 17.2 Å². The molecular formula is C16H21Cl. The molecule has 1 rings (SSSR count). The van der Waals surface area contributed by atoms with Crippen molar-refractivity contribution in [1.82, 2.24) is 0 Å². The smallest absolute Gasteiger partial charge is 0.0409 e. The maximum atomic E-state index is 5.92. The summed E-state index contributed by atoms with van der Waals surface area (Å²) in [5.41, 5.74) is 3.52. The Morgan fingerprint density at radius 3 is 2.41 bits per heavy atom. The van der Waals surface area contributed by atoms with E-state index in [0.29, 0.717) is 0 Å². The van der Waals surface area contributed by atoms with Gasteiger partial charge in [0.1, 0.15) is 0 Å². The van der Waals surface area contributed by atoms with Crippen LogP contribution in [0.15, 0.2) is 49.1 Å². The maximum absolute atomic E-state index is 5.92. The Kier molecular flexibility index (Phi) is 8.17. The van der Waals surface area contributed by atoms with Crippen molar-refractivity contribution in [3.05, 3.63) is 65.2 Å². The number of benzene rings is 1. The fourth-order valence-corrected chi connectivity index (χ4v) is 1.72. The van der Waals surface area contributed by atoms with E-state index in [1.807, 2.05) is 51.1 Å². The van der Waals surface area contributed by atoms with Crippen LogP contribution in [0.1, 0.15) is 31.9 Å². The normalized spacial score (nSPS) is 11.0. The fourth-order valence-electron chi connectivity index (χ4n) is 1.49. The average Bonchev–Trinajstić information content (AvgIpc) is 2.32. The number of hydrogen-bond donors (Lipinski definition) is 0. The van der Waals surface area contributed by atoms with Crippen LogP contribution in [-0.2, 0) is 0 Å². The second kappa shape index (κ2) is 8.83. The second-order valence-corrected chi connectivity index (χ2v) is 3.75. The summed E-state index contributed by atoms with van der Waals surface area (Å²) in [6.45, 7) is 11.8. The fraction of sp³-hybridized carbons (Fsp3) is 0.250. The van der Waals surface area contributed by atoms with E-state index < -0.39 is 0 Å². The Morgan fingerprint density at radius 2 is 1.94 bits per heavy atom. The Labute approximate surface area is 110 Å². The molecule has 17 heavy (non-hydrogen) atoms. The molecule has 0 amide bonds. The van der Waals surface area contributed by atoms with Crippen LogP contribution in [0.5, 0.6) is 0 Å². The molecule has 0 radical (unpaired) electrons. The second-order valence-electron chi connectivity index (χ2n) is 3.32. The lowest BCUT2D eigenvalue weighted by Gasteiger charge is -2.06. The van der Waals surface area contributed by atoms with Gasteiger partial charge in [0.2, 0.25) is 0 Å². The van der Waals surface area contributed by atoms with Crippen molar-refractivity contribution in [2.24, 2.45) is 0 Å². The predicted octanol–water partition coefficient (Wildman–Crippen LogP) is 5.82. The van der Waals surface area contributed by atoms with E-state index in [4.69, 9.17) is 11.6 Å².